The molecular formula is C18H19F3N4O2. The van der Waals surface area contributed by atoms with Crippen LogP contribution in [0.25, 0.3) is 0 Å². The molecule has 0 aliphatic carbocycles. The lowest BCUT2D eigenvalue weighted by molar-refractivity contribution is -0.141. The Morgan fingerprint density at radius 1 is 1.19 bits per heavy atom. The molecule has 0 bridgehead atoms. The number of nitrogens with zero attached hydrogens (tertiary/aromatic N) is 3. The Kier molecular flexibility index (Phi) is 5.90. The molecule has 1 aliphatic rings. The van der Waals surface area contributed by atoms with Gasteiger partial charge in [-0.05, 0) is 18.2 Å². The molecular weight excluding hydrogens is 361 g/mol. The maximum atomic E-state index is 13.0. The van der Waals surface area contributed by atoms with Crippen molar-refractivity contribution in [3.8, 4) is 0 Å². The van der Waals surface area contributed by atoms with Crippen molar-refractivity contribution >= 4 is 11.7 Å². The lowest BCUT2D eigenvalue weighted by atomic mass is 10.2. The van der Waals surface area contributed by atoms with Crippen LogP contribution in [0, 0.1) is 0 Å². The summed E-state index contributed by atoms with van der Waals surface area (Å²) in [6.45, 7) is 1.82. The summed E-state index contributed by atoms with van der Waals surface area (Å²) in [5.74, 6) is -0.0345. The second kappa shape index (κ2) is 8.34. The van der Waals surface area contributed by atoms with E-state index >= 15 is 0 Å². The quantitative estimate of drug-likeness (QED) is 0.861. The molecule has 27 heavy (non-hydrogen) atoms. The lowest BCUT2D eigenvalue weighted by Crippen LogP contribution is -2.38. The van der Waals surface area contributed by atoms with Gasteiger partial charge in [0.05, 0.1) is 19.6 Å². The number of alkyl halides is 3. The van der Waals surface area contributed by atoms with Crippen molar-refractivity contribution in [3.05, 3.63) is 53.5 Å². The van der Waals surface area contributed by atoms with Crippen LogP contribution in [0.15, 0.2) is 36.5 Å². The van der Waals surface area contributed by atoms with Crippen molar-refractivity contribution in [1.29, 1.82) is 0 Å². The van der Waals surface area contributed by atoms with E-state index in [1.807, 2.05) is 0 Å². The Morgan fingerprint density at radius 3 is 2.63 bits per heavy atom. The number of amides is 1. The fraction of sp³-hybridized carbons (Fsp3) is 0.389. The van der Waals surface area contributed by atoms with E-state index in [0.717, 1.165) is 6.07 Å². The molecule has 3 rings (SSSR count). The Morgan fingerprint density at radius 2 is 1.96 bits per heavy atom. The minimum Gasteiger partial charge on any atom is -0.378 e. The van der Waals surface area contributed by atoms with E-state index in [2.05, 4.69) is 15.3 Å². The summed E-state index contributed by atoms with van der Waals surface area (Å²) in [5.41, 5.74) is 0.195. The number of pyridine rings is 2. The zero-order valence-corrected chi connectivity index (χ0v) is 14.5. The number of morpholine rings is 1. The van der Waals surface area contributed by atoms with Crippen molar-refractivity contribution in [3.63, 3.8) is 0 Å². The fourth-order valence-electron chi connectivity index (χ4n) is 2.75. The van der Waals surface area contributed by atoms with E-state index in [9.17, 15) is 18.0 Å². The largest absolute Gasteiger partial charge is 0.433 e. The predicted molar refractivity (Wildman–Crippen MR) is 92.1 cm³/mol. The van der Waals surface area contributed by atoms with Crippen LogP contribution in [0.4, 0.5) is 19.0 Å². The number of carbonyl (C=O) groups is 1. The summed E-state index contributed by atoms with van der Waals surface area (Å²) in [6, 6.07) is 7.57. The highest BCUT2D eigenvalue weighted by atomic mass is 19.4. The number of aromatic nitrogens is 2. The maximum Gasteiger partial charge on any atom is 0.433 e. The van der Waals surface area contributed by atoms with Gasteiger partial charge in [0, 0.05) is 37.1 Å². The molecule has 144 valence electrons. The molecule has 0 atom stereocenters. The molecule has 0 saturated carbocycles. The van der Waals surface area contributed by atoms with E-state index in [-0.39, 0.29) is 24.7 Å². The number of halogens is 3. The first-order chi connectivity index (χ1) is 12.9. The van der Waals surface area contributed by atoms with E-state index < -0.39 is 11.9 Å². The summed E-state index contributed by atoms with van der Waals surface area (Å²) in [4.78, 5) is 21.8. The minimum absolute atomic E-state index is 0.0868. The van der Waals surface area contributed by atoms with E-state index in [1.54, 1.807) is 29.3 Å². The molecule has 6 nitrogen and oxygen atoms in total. The van der Waals surface area contributed by atoms with Crippen LogP contribution < -0.4 is 10.2 Å². The first-order valence-electron chi connectivity index (χ1n) is 8.50. The van der Waals surface area contributed by atoms with Gasteiger partial charge in [-0.3, -0.25) is 9.78 Å². The Bertz CT molecular complexity index is 778. The molecule has 2 aromatic heterocycles. The van der Waals surface area contributed by atoms with Gasteiger partial charge in [0.2, 0.25) is 5.91 Å². The number of nitrogens with one attached hydrogen (secondary N) is 1. The number of hydrogen-bond donors (Lipinski definition) is 1. The average Bonchev–Trinajstić information content (AvgIpc) is 2.67. The third kappa shape index (κ3) is 5.16. The van der Waals surface area contributed by atoms with Gasteiger partial charge in [0.25, 0.3) is 0 Å². The van der Waals surface area contributed by atoms with Crippen LogP contribution in [0.3, 0.4) is 0 Å². The Hall–Kier alpha value is -2.68. The number of ether oxygens (including phenoxy) is 1. The van der Waals surface area contributed by atoms with Crippen LogP contribution in [0.1, 0.15) is 17.0 Å². The normalized spacial score (nSPS) is 14.9. The van der Waals surface area contributed by atoms with E-state index in [0.29, 0.717) is 37.6 Å². The first-order valence-corrected chi connectivity index (χ1v) is 8.50. The molecule has 3 heterocycles. The molecule has 1 aliphatic heterocycles. The monoisotopic (exact) mass is 380 g/mol. The lowest BCUT2D eigenvalue weighted by Gasteiger charge is -2.30. The van der Waals surface area contributed by atoms with E-state index in [1.165, 1.54) is 6.07 Å². The SMILES string of the molecule is O=C(Cc1ccccn1)NCc1ccc(C(F)(F)F)nc1N1CCOCC1. The molecule has 0 radical (unpaired) electrons. The van der Waals surface area contributed by atoms with Crippen LogP contribution in [-0.2, 0) is 28.7 Å². The van der Waals surface area contributed by atoms with Crippen LogP contribution >= 0.6 is 0 Å². The molecule has 1 fully saturated rings. The molecule has 1 N–H and O–H groups in total. The van der Waals surface area contributed by atoms with Gasteiger partial charge in [0.1, 0.15) is 11.5 Å². The first kappa shape index (κ1) is 19.1. The summed E-state index contributed by atoms with van der Waals surface area (Å²) >= 11 is 0. The van der Waals surface area contributed by atoms with Crippen molar-refractivity contribution in [1.82, 2.24) is 15.3 Å². The standard InChI is InChI=1S/C18H19F3N4O2/c19-18(20,21)15-5-4-13(17(24-15)25-7-9-27-10-8-25)12-23-16(26)11-14-3-1-2-6-22-14/h1-6H,7-12H2,(H,23,26). The second-order valence-corrected chi connectivity index (χ2v) is 6.05. The van der Waals surface area contributed by atoms with Gasteiger partial charge in [-0.15, -0.1) is 0 Å². The van der Waals surface area contributed by atoms with Crippen molar-refractivity contribution in [2.24, 2.45) is 0 Å². The highest BCUT2D eigenvalue weighted by Crippen LogP contribution is 2.30. The number of hydrogen-bond acceptors (Lipinski definition) is 5. The van der Waals surface area contributed by atoms with Gasteiger partial charge >= 0.3 is 6.18 Å². The smallest absolute Gasteiger partial charge is 0.378 e. The number of carbonyl (C=O) groups excluding carboxylic acids is 1. The molecule has 2 aromatic rings. The fourth-order valence-corrected chi connectivity index (χ4v) is 2.75. The number of anilines is 1. The highest BCUT2D eigenvalue weighted by Gasteiger charge is 2.33. The molecule has 1 saturated heterocycles. The maximum absolute atomic E-state index is 13.0. The topological polar surface area (TPSA) is 67.4 Å². The molecule has 0 unspecified atom stereocenters. The Labute approximate surface area is 154 Å². The predicted octanol–water partition coefficient (Wildman–Crippen LogP) is 2.19. The van der Waals surface area contributed by atoms with Crippen molar-refractivity contribution in [2.75, 3.05) is 31.2 Å². The third-order valence-corrected chi connectivity index (χ3v) is 4.10. The average molecular weight is 380 g/mol. The van der Waals surface area contributed by atoms with Gasteiger partial charge in [0.15, 0.2) is 0 Å². The molecule has 1 amide bonds. The van der Waals surface area contributed by atoms with Gasteiger partial charge < -0.3 is 15.0 Å². The van der Waals surface area contributed by atoms with Gasteiger partial charge in [-0.25, -0.2) is 4.98 Å². The summed E-state index contributed by atoms with van der Waals surface area (Å²) in [7, 11) is 0. The van der Waals surface area contributed by atoms with Crippen LogP contribution in [-0.4, -0.2) is 42.2 Å². The molecule has 0 aromatic carbocycles. The van der Waals surface area contributed by atoms with E-state index in [4.69, 9.17) is 4.74 Å². The Balaban J connectivity index is 1.74. The van der Waals surface area contributed by atoms with Crippen LogP contribution in [0.2, 0.25) is 0 Å². The summed E-state index contributed by atoms with van der Waals surface area (Å²) < 4.78 is 44.4. The zero-order valence-electron chi connectivity index (χ0n) is 14.5. The molecule has 9 heteroatoms. The van der Waals surface area contributed by atoms with Gasteiger partial charge in [-0.2, -0.15) is 13.2 Å². The zero-order chi connectivity index (χ0) is 19.3. The minimum atomic E-state index is -4.53. The second-order valence-electron chi connectivity index (χ2n) is 6.05. The third-order valence-electron chi connectivity index (χ3n) is 4.10. The number of rotatable bonds is 5. The summed E-state index contributed by atoms with van der Waals surface area (Å²) in [6.07, 6.45) is -2.83. The van der Waals surface area contributed by atoms with Gasteiger partial charge in [-0.1, -0.05) is 12.1 Å². The molecule has 0 spiro atoms. The van der Waals surface area contributed by atoms with Crippen molar-refractivity contribution in [2.45, 2.75) is 19.1 Å². The summed E-state index contributed by atoms with van der Waals surface area (Å²) in [5, 5.41) is 2.73. The van der Waals surface area contributed by atoms with Crippen LogP contribution in [0.5, 0.6) is 0 Å². The van der Waals surface area contributed by atoms with Crippen molar-refractivity contribution < 1.29 is 22.7 Å². The highest BCUT2D eigenvalue weighted by molar-refractivity contribution is 5.78.